The van der Waals surface area contributed by atoms with Crippen LogP contribution in [0.15, 0.2) is 40.1 Å². The minimum absolute atomic E-state index is 0.0358. The number of primary amides is 1. The first-order chi connectivity index (χ1) is 13.8. The van der Waals surface area contributed by atoms with Gasteiger partial charge in [0.15, 0.2) is 5.82 Å². The maximum atomic E-state index is 12.2. The first kappa shape index (κ1) is 19.9. The molecule has 1 aromatic carbocycles. The predicted molar refractivity (Wildman–Crippen MR) is 99.3 cm³/mol. The number of carbonyl (C=O) groups is 1. The molecule has 0 saturated carbocycles. The topological polar surface area (TPSA) is 160 Å². The highest BCUT2D eigenvalue weighted by Crippen LogP contribution is 2.18. The Hall–Kier alpha value is -3.80. The Morgan fingerprint density at radius 1 is 1.28 bits per heavy atom. The lowest BCUT2D eigenvalue weighted by atomic mass is 10.1. The summed E-state index contributed by atoms with van der Waals surface area (Å²) in [6, 6.07) is 6.88. The van der Waals surface area contributed by atoms with Gasteiger partial charge in [-0.25, -0.2) is 4.79 Å². The fraction of sp³-hybridized carbons (Fsp3) is 0.294. The lowest BCUT2D eigenvalue weighted by molar-refractivity contribution is 0.0997. The van der Waals surface area contributed by atoms with Gasteiger partial charge in [-0.15, -0.1) is 10.2 Å². The van der Waals surface area contributed by atoms with Crippen molar-refractivity contribution in [2.24, 2.45) is 12.8 Å². The Balaban J connectivity index is 1.77. The van der Waals surface area contributed by atoms with E-state index in [4.69, 9.17) is 10.5 Å². The van der Waals surface area contributed by atoms with E-state index in [1.807, 2.05) is 0 Å². The number of aliphatic hydroxyl groups is 1. The molecule has 29 heavy (non-hydrogen) atoms. The van der Waals surface area contributed by atoms with Crippen LogP contribution in [0.2, 0.25) is 0 Å². The van der Waals surface area contributed by atoms with Crippen molar-refractivity contribution < 1.29 is 14.6 Å². The summed E-state index contributed by atoms with van der Waals surface area (Å²) >= 11 is 0. The van der Waals surface area contributed by atoms with Crippen LogP contribution in [-0.4, -0.2) is 47.5 Å². The van der Waals surface area contributed by atoms with Crippen molar-refractivity contribution >= 4 is 5.91 Å². The summed E-state index contributed by atoms with van der Waals surface area (Å²) in [5.74, 6) is -0.123. The van der Waals surface area contributed by atoms with Crippen LogP contribution in [0.25, 0.3) is 0 Å². The maximum absolute atomic E-state index is 12.2. The minimum Gasteiger partial charge on any atom is -0.497 e. The molecule has 0 bridgehead atoms. The van der Waals surface area contributed by atoms with Gasteiger partial charge in [-0.3, -0.25) is 18.7 Å². The van der Waals surface area contributed by atoms with Crippen molar-refractivity contribution in [2.45, 2.75) is 19.2 Å². The molecule has 0 unspecified atom stereocenters. The molecule has 0 aliphatic heterocycles. The van der Waals surface area contributed by atoms with Crippen LogP contribution >= 0.6 is 0 Å². The van der Waals surface area contributed by atoms with Crippen molar-refractivity contribution in [3.8, 4) is 5.75 Å². The van der Waals surface area contributed by atoms with Gasteiger partial charge in [0.1, 0.15) is 17.4 Å². The number of methoxy groups -OCH3 is 1. The van der Waals surface area contributed by atoms with Crippen LogP contribution in [0.1, 0.15) is 27.8 Å². The highest BCUT2D eigenvalue weighted by atomic mass is 16.5. The van der Waals surface area contributed by atoms with Crippen LogP contribution in [-0.2, 0) is 20.1 Å². The van der Waals surface area contributed by atoms with Gasteiger partial charge in [-0.1, -0.05) is 12.1 Å². The summed E-state index contributed by atoms with van der Waals surface area (Å²) in [6.45, 7) is -0.0973. The number of aliphatic hydroxyl groups excluding tert-OH is 1. The van der Waals surface area contributed by atoms with Crippen LogP contribution in [0.5, 0.6) is 5.75 Å². The average Bonchev–Trinajstić information content (AvgIpc) is 3.14. The molecule has 152 valence electrons. The molecule has 0 spiro atoms. The molecule has 12 nitrogen and oxygen atoms in total. The highest BCUT2D eigenvalue weighted by molar-refractivity contribution is 5.92. The lowest BCUT2D eigenvalue weighted by Gasteiger charge is -2.10. The molecule has 3 aromatic rings. The largest absolute Gasteiger partial charge is 0.497 e. The molecule has 0 saturated heterocycles. The minimum atomic E-state index is -0.946. The number of hydrogen-bond donors (Lipinski definition) is 2. The second kappa shape index (κ2) is 8.06. The van der Waals surface area contributed by atoms with Gasteiger partial charge >= 0.3 is 5.69 Å². The number of nitrogens with two attached hydrogens (primary N) is 1. The Bertz CT molecular complexity index is 1150. The van der Waals surface area contributed by atoms with E-state index in [0.29, 0.717) is 11.3 Å². The van der Waals surface area contributed by atoms with Crippen LogP contribution in [0.3, 0.4) is 0 Å². The number of carbonyl (C=O) groups excluding carboxylic acids is 1. The zero-order valence-electron chi connectivity index (χ0n) is 15.7. The van der Waals surface area contributed by atoms with Crippen molar-refractivity contribution in [3.63, 3.8) is 0 Å². The van der Waals surface area contributed by atoms with E-state index in [9.17, 15) is 19.5 Å². The molecule has 0 radical (unpaired) electrons. The number of aromatic nitrogens is 6. The fourth-order valence-corrected chi connectivity index (χ4v) is 2.66. The number of ether oxygens (including phenoxy) is 1. The third-order valence-corrected chi connectivity index (χ3v) is 4.26. The predicted octanol–water partition coefficient (Wildman–Crippen LogP) is -1.58. The molecule has 1 atom stereocenters. The number of amides is 1. The number of benzene rings is 1. The molecule has 1 amide bonds. The molecule has 3 N–H and O–H groups in total. The standard InChI is InChI=1S/C17H19N7O5/c1-22-16(27)12(15(18)26)7-23(17(22)28)9-14-19-21-24(20-14)8-13(25)10-3-5-11(29-2)6-4-10/h3-7,13,25H,8-9H2,1-2H3,(H2,18,26)/t13-/m0/s1. The van der Waals surface area contributed by atoms with Gasteiger partial charge in [0.25, 0.3) is 11.5 Å². The zero-order valence-corrected chi connectivity index (χ0v) is 15.7. The summed E-state index contributed by atoms with van der Waals surface area (Å²) in [7, 11) is 2.79. The van der Waals surface area contributed by atoms with Crippen molar-refractivity contribution in [2.75, 3.05) is 7.11 Å². The SMILES string of the molecule is COc1ccc([C@@H](O)Cn2nnc(Cn3cc(C(N)=O)c(=O)n(C)c3=O)n2)cc1. The quantitative estimate of drug-likeness (QED) is 0.480. The van der Waals surface area contributed by atoms with E-state index in [2.05, 4.69) is 15.4 Å². The maximum Gasteiger partial charge on any atom is 0.331 e. The second-order valence-electron chi connectivity index (χ2n) is 6.23. The zero-order chi connectivity index (χ0) is 21.1. The molecular formula is C17H19N7O5. The number of rotatable bonds is 7. The van der Waals surface area contributed by atoms with E-state index >= 15 is 0 Å². The summed E-state index contributed by atoms with van der Waals surface area (Å²) in [4.78, 5) is 36.7. The van der Waals surface area contributed by atoms with E-state index in [1.54, 1.807) is 31.4 Å². The molecule has 12 heteroatoms. The molecule has 0 fully saturated rings. The van der Waals surface area contributed by atoms with Gasteiger partial charge < -0.3 is 15.6 Å². The van der Waals surface area contributed by atoms with Gasteiger partial charge in [0.2, 0.25) is 0 Å². The molecule has 0 aliphatic rings. The first-order valence-corrected chi connectivity index (χ1v) is 8.49. The van der Waals surface area contributed by atoms with Crippen LogP contribution in [0, 0.1) is 0 Å². The van der Waals surface area contributed by atoms with Gasteiger partial charge in [0, 0.05) is 13.2 Å². The smallest absolute Gasteiger partial charge is 0.331 e. The number of tetrazole rings is 1. The third-order valence-electron chi connectivity index (χ3n) is 4.26. The molecule has 2 heterocycles. The van der Waals surface area contributed by atoms with Crippen molar-refractivity contribution in [1.29, 1.82) is 0 Å². The van der Waals surface area contributed by atoms with Gasteiger partial charge in [0.05, 0.1) is 20.2 Å². The Morgan fingerprint density at radius 3 is 2.59 bits per heavy atom. The van der Waals surface area contributed by atoms with Crippen molar-refractivity contribution in [1.82, 2.24) is 29.3 Å². The van der Waals surface area contributed by atoms with Gasteiger partial charge in [-0.2, -0.15) is 4.80 Å². The van der Waals surface area contributed by atoms with Crippen LogP contribution < -0.4 is 21.7 Å². The monoisotopic (exact) mass is 401 g/mol. The second-order valence-corrected chi connectivity index (χ2v) is 6.23. The van der Waals surface area contributed by atoms with E-state index in [1.165, 1.54) is 11.8 Å². The Labute approximate surface area is 163 Å². The van der Waals surface area contributed by atoms with Crippen LogP contribution in [0.4, 0.5) is 0 Å². The van der Waals surface area contributed by atoms with E-state index < -0.39 is 23.3 Å². The van der Waals surface area contributed by atoms with E-state index in [0.717, 1.165) is 15.3 Å². The molecule has 0 aliphatic carbocycles. The molecule has 2 aromatic heterocycles. The normalized spacial score (nSPS) is 12.0. The fourth-order valence-electron chi connectivity index (χ4n) is 2.66. The molecule has 3 rings (SSSR count). The molecular weight excluding hydrogens is 382 g/mol. The Kier molecular flexibility index (Phi) is 5.54. The summed E-state index contributed by atoms with van der Waals surface area (Å²) in [5, 5.41) is 22.1. The van der Waals surface area contributed by atoms with E-state index in [-0.39, 0.29) is 24.5 Å². The number of hydrogen-bond acceptors (Lipinski definition) is 8. The highest BCUT2D eigenvalue weighted by Gasteiger charge is 2.16. The third kappa shape index (κ3) is 4.21. The number of nitrogens with zero attached hydrogens (tertiary/aromatic N) is 6. The summed E-state index contributed by atoms with van der Waals surface area (Å²) in [6.07, 6.45) is 0.185. The average molecular weight is 401 g/mol. The van der Waals surface area contributed by atoms with Crippen molar-refractivity contribution in [3.05, 3.63) is 68.3 Å². The lowest BCUT2D eigenvalue weighted by Crippen LogP contribution is -2.42. The summed E-state index contributed by atoms with van der Waals surface area (Å²) in [5.41, 5.74) is 4.06. The first-order valence-electron chi connectivity index (χ1n) is 8.49. The summed E-state index contributed by atoms with van der Waals surface area (Å²) < 4.78 is 6.94. The Morgan fingerprint density at radius 2 is 1.97 bits per heavy atom. The van der Waals surface area contributed by atoms with Gasteiger partial charge in [-0.05, 0) is 22.9 Å².